The second-order valence-electron chi connectivity index (χ2n) is 4.24. The molecule has 1 aromatic carbocycles. The second-order valence-corrected chi connectivity index (χ2v) is 4.24. The van der Waals surface area contributed by atoms with Crippen LogP contribution < -0.4 is 0 Å². The van der Waals surface area contributed by atoms with Crippen LogP contribution in [0.25, 0.3) is 0 Å². The van der Waals surface area contributed by atoms with Gasteiger partial charge in [0.2, 0.25) is 0 Å². The third kappa shape index (κ3) is 2.16. The first-order chi connectivity index (χ1) is 8.13. The Morgan fingerprint density at radius 3 is 2.29 bits per heavy atom. The van der Waals surface area contributed by atoms with Gasteiger partial charge in [0, 0.05) is 0 Å². The number of carbonyl (C=O) groups is 2. The first-order valence-electron chi connectivity index (χ1n) is 5.54. The Labute approximate surface area is 99.2 Å². The van der Waals surface area contributed by atoms with Crippen molar-refractivity contribution < 1.29 is 19.4 Å². The molecule has 0 amide bonds. The molecule has 2 atom stereocenters. The monoisotopic (exact) mass is 234 g/mol. The summed E-state index contributed by atoms with van der Waals surface area (Å²) in [7, 11) is 1.39. The van der Waals surface area contributed by atoms with Gasteiger partial charge in [0.25, 0.3) is 0 Å². The number of benzene rings is 1. The lowest BCUT2D eigenvalue weighted by Gasteiger charge is -2.34. The van der Waals surface area contributed by atoms with Crippen molar-refractivity contribution >= 4 is 11.9 Å². The summed E-state index contributed by atoms with van der Waals surface area (Å²) in [6.07, 6.45) is 1.80. The summed E-state index contributed by atoms with van der Waals surface area (Å²) >= 11 is 0. The van der Waals surface area contributed by atoms with Crippen molar-refractivity contribution in [2.45, 2.75) is 18.8 Å². The zero-order valence-corrected chi connectivity index (χ0v) is 9.55. The molecule has 2 rings (SSSR count). The van der Waals surface area contributed by atoms with Gasteiger partial charge in [-0.05, 0) is 36.5 Å². The van der Waals surface area contributed by atoms with Crippen molar-refractivity contribution in [1.82, 2.24) is 0 Å². The molecule has 1 aliphatic rings. The lowest BCUT2D eigenvalue weighted by Crippen LogP contribution is -2.32. The van der Waals surface area contributed by atoms with Gasteiger partial charge in [0.05, 0.1) is 18.6 Å². The van der Waals surface area contributed by atoms with E-state index in [1.165, 1.54) is 7.11 Å². The van der Waals surface area contributed by atoms with E-state index in [9.17, 15) is 9.59 Å². The van der Waals surface area contributed by atoms with Crippen molar-refractivity contribution in [3.05, 3.63) is 35.4 Å². The van der Waals surface area contributed by atoms with Gasteiger partial charge >= 0.3 is 11.9 Å². The van der Waals surface area contributed by atoms with Crippen molar-refractivity contribution in [3.63, 3.8) is 0 Å². The van der Waals surface area contributed by atoms with Crippen LogP contribution >= 0.6 is 0 Å². The van der Waals surface area contributed by atoms with E-state index in [4.69, 9.17) is 9.84 Å². The fraction of sp³-hybridized carbons (Fsp3) is 0.385. The Hall–Kier alpha value is -1.84. The van der Waals surface area contributed by atoms with Gasteiger partial charge in [-0.25, -0.2) is 4.79 Å². The minimum atomic E-state index is -0.935. The van der Waals surface area contributed by atoms with Gasteiger partial charge in [0.15, 0.2) is 0 Å². The molecule has 17 heavy (non-hydrogen) atoms. The van der Waals surface area contributed by atoms with E-state index in [-0.39, 0.29) is 23.4 Å². The fourth-order valence-corrected chi connectivity index (χ4v) is 2.21. The molecular weight excluding hydrogens is 220 g/mol. The molecule has 0 heterocycles. The van der Waals surface area contributed by atoms with Crippen molar-refractivity contribution in [3.8, 4) is 0 Å². The minimum Gasteiger partial charge on any atom is -0.478 e. The number of hydrogen-bond acceptors (Lipinski definition) is 3. The summed E-state index contributed by atoms with van der Waals surface area (Å²) in [4.78, 5) is 22.1. The summed E-state index contributed by atoms with van der Waals surface area (Å²) in [5.74, 6) is -1.01. The van der Waals surface area contributed by atoms with Crippen molar-refractivity contribution in [2.75, 3.05) is 7.11 Å². The van der Waals surface area contributed by atoms with Crippen LogP contribution in [0.3, 0.4) is 0 Å². The molecule has 2 unspecified atom stereocenters. The molecule has 1 fully saturated rings. The molecule has 0 bridgehead atoms. The number of ether oxygens (including phenoxy) is 1. The average molecular weight is 234 g/mol. The zero-order chi connectivity index (χ0) is 12.4. The number of hydrogen-bond donors (Lipinski definition) is 1. The third-order valence-electron chi connectivity index (χ3n) is 3.36. The Morgan fingerprint density at radius 2 is 1.88 bits per heavy atom. The Morgan fingerprint density at radius 1 is 1.24 bits per heavy atom. The van der Waals surface area contributed by atoms with E-state index in [1.807, 2.05) is 0 Å². The number of carboxylic acid groups (broad SMARTS) is 1. The van der Waals surface area contributed by atoms with Crippen molar-refractivity contribution in [2.24, 2.45) is 5.92 Å². The molecule has 0 aromatic heterocycles. The smallest absolute Gasteiger partial charge is 0.335 e. The molecule has 1 N–H and O–H groups in total. The number of carbonyl (C=O) groups excluding carboxylic acids is 1. The van der Waals surface area contributed by atoms with Crippen LogP contribution in [-0.2, 0) is 9.53 Å². The minimum absolute atomic E-state index is 0.0734. The molecule has 4 heteroatoms. The summed E-state index contributed by atoms with van der Waals surface area (Å²) in [6, 6.07) is 6.71. The highest BCUT2D eigenvalue weighted by Gasteiger charge is 2.38. The van der Waals surface area contributed by atoms with E-state index >= 15 is 0 Å². The van der Waals surface area contributed by atoms with E-state index in [0.717, 1.165) is 18.4 Å². The normalized spacial score (nSPS) is 22.6. The molecule has 90 valence electrons. The van der Waals surface area contributed by atoms with E-state index in [1.54, 1.807) is 24.3 Å². The maximum atomic E-state index is 11.4. The predicted octanol–water partition coefficient (Wildman–Crippen LogP) is 2.05. The molecular formula is C13H14O4. The van der Waals surface area contributed by atoms with Gasteiger partial charge in [-0.1, -0.05) is 12.1 Å². The first kappa shape index (κ1) is 11.6. The Balaban J connectivity index is 2.13. The van der Waals surface area contributed by atoms with Gasteiger partial charge in [-0.15, -0.1) is 0 Å². The highest BCUT2D eigenvalue weighted by molar-refractivity contribution is 5.87. The van der Waals surface area contributed by atoms with Crippen LogP contribution in [0.4, 0.5) is 0 Å². The lowest BCUT2D eigenvalue weighted by atomic mass is 9.70. The second kappa shape index (κ2) is 4.57. The fourth-order valence-electron chi connectivity index (χ4n) is 2.21. The molecule has 0 aliphatic heterocycles. The number of carboxylic acids is 1. The zero-order valence-electron chi connectivity index (χ0n) is 9.55. The summed E-state index contributed by atoms with van der Waals surface area (Å²) < 4.78 is 4.73. The largest absolute Gasteiger partial charge is 0.478 e. The van der Waals surface area contributed by atoms with Crippen LogP contribution in [0.15, 0.2) is 24.3 Å². The van der Waals surface area contributed by atoms with Crippen LogP contribution in [0, 0.1) is 5.92 Å². The van der Waals surface area contributed by atoms with Crippen LogP contribution in [0.2, 0.25) is 0 Å². The third-order valence-corrected chi connectivity index (χ3v) is 3.36. The maximum absolute atomic E-state index is 11.4. The van der Waals surface area contributed by atoms with Crippen molar-refractivity contribution in [1.29, 1.82) is 0 Å². The number of rotatable bonds is 3. The van der Waals surface area contributed by atoms with E-state index in [2.05, 4.69) is 0 Å². The van der Waals surface area contributed by atoms with Crippen LogP contribution in [0.1, 0.15) is 34.7 Å². The van der Waals surface area contributed by atoms with Crippen LogP contribution in [-0.4, -0.2) is 24.2 Å². The number of aromatic carboxylic acids is 1. The van der Waals surface area contributed by atoms with E-state index < -0.39 is 5.97 Å². The molecule has 0 spiro atoms. The maximum Gasteiger partial charge on any atom is 0.335 e. The summed E-state index contributed by atoms with van der Waals surface area (Å²) in [5, 5.41) is 8.79. The number of esters is 1. The molecule has 1 aliphatic carbocycles. The molecule has 0 saturated heterocycles. The number of methoxy groups -OCH3 is 1. The van der Waals surface area contributed by atoms with Gasteiger partial charge in [-0.2, -0.15) is 0 Å². The molecule has 4 nitrogen and oxygen atoms in total. The van der Waals surface area contributed by atoms with Crippen LogP contribution in [0.5, 0.6) is 0 Å². The molecule has 0 radical (unpaired) electrons. The van der Waals surface area contributed by atoms with Gasteiger partial charge < -0.3 is 9.84 Å². The Bertz CT molecular complexity index is 435. The first-order valence-corrected chi connectivity index (χ1v) is 5.54. The standard InChI is InChI=1S/C13H14O4/c1-17-13(16)11-7-6-10(11)8-2-4-9(5-3-8)12(14)15/h2-5,10-11H,6-7H2,1H3,(H,14,15). The topological polar surface area (TPSA) is 63.6 Å². The lowest BCUT2D eigenvalue weighted by molar-refractivity contribution is -0.149. The SMILES string of the molecule is COC(=O)C1CCC1c1ccc(C(=O)O)cc1. The summed E-state index contributed by atoms with van der Waals surface area (Å²) in [6.45, 7) is 0. The Kier molecular flexibility index (Phi) is 3.13. The quantitative estimate of drug-likeness (QED) is 0.813. The van der Waals surface area contributed by atoms with E-state index in [0.29, 0.717) is 0 Å². The molecule has 1 saturated carbocycles. The van der Waals surface area contributed by atoms with Gasteiger partial charge in [-0.3, -0.25) is 4.79 Å². The average Bonchev–Trinajstić information content (AvgIpc) is 2.28. The van der Waals surface area contributed by atoms with Gasteiger partial charge in [0.1, 0.15) is 0 Å². The summed E-state index contributed by atoms with van der Waals surface area (Å²) in [5.41, 5.74) is 1.28. The predicted molar refractivity (Wildman–Crippen MR) is 60.9 cm³/mol. The highest BCUT2D eigenvalue weighted by atomic mass is 16.5. The highest BCUT2D eigenvalue weighted by Crippen LogP contribution is 2.43. The molecule has 1 aromatic rings.